The highest BCUT2D eigenvalue weighted by Gasteiger charge is 2.32. The Morgan fingerprint density at radius 1 is 0.816 bits per heavy atom. The summed E-state index contributed by atoms with van der Waals surface area (Å²) in [6, 6.07) is 22.2. The molecule has 1 atom stereocenters. The van der Waals surface area contributed by atoms with E-state index < -0.39 is 28.8 Å². The number of nitrogens with one attached hydrogen (secondary N) is 1. The second-order valence-electron chi connectivity index (χ2n) is 8.80. The summed E-state index contributed by atoms with van der Waals surface area (Å²) in [6.07, 6.45) is -4.81. The van der Waals surface area contributed by atoms with Crippen LogP contribution in [0.3, 0.4) is 0 Å². The Balaban J connectivity index is 1.65. The molecule has 1 unspecified atom stereocenters. The second kappa shape index (κ2) is 12.7. The zero-order valence-corrected chi connectivity index (χ0v) is 22.0. The van der Waals surface area contributed by atoms with Crippen LogP contribution in [0.15, 0.2) is 93.5 Å². The van der Waals surface area contributed by atoms with E-state index in [1.54, 1.807) is 50.2 Å². The average molecular weight is 549 g/mol. The highest BCUT2D eigenvalue weighted by atomic mass is 32.2. The average Bonchev–Trinajstić information content (AvgIpc) is 2.88. The van der Waals surface area contributed by atoms with Crippen LogP contribution in [-0.2, 0) is 20.4 Å². The Morgan fingerprint density at radius 3 is 1.87 bits per heavy atom. The molecule has 202 valence electrons. The third-order valence-corrected chi connectivity index (χ3v) is 7.81. The van der Waals surface area contributed by atoms with E-state index in [0.717, 1.165) is 14.7 Å². The number of carbonyl (C=O) groups is 2. The third kappa shape index (κ3) is 8.44. The zero-order chi connectivity index (χ0) is 27.8. The molecule has 3 aromatic rings. The lowest BCUT2D eigenvalue weighted by Crippen LogP contribution is -2.33. The van der Waals surface area contributed by atoms with Crippen LogP contribution in [0, 0.1) is 5.41 Å². The predicted molar refractivity (Wildman–Crippen MR) is 137 cm³/mol. The van der Waals surface area contributed by atoms with Gasteiger partial charge in [0.1, 0.15) is 18.1 Å². The Bertz CT molecular complexity index is 1200. The molecule has 0 aliphatic heterocycles. The van der Waals surface area contributed by atoms with Gasteiger partial charge in [0.05, 0.1) is 22.9 Å². The maximum atomic E-state index is 12.6. The van der Waals surface area contributed by atoms with Gasteiger partial charge in [-0.3, -0.25) is 4.79 Å². The van der Waals surface area contributed by atoms with E-state index in [9.17, 15) is 22.8 Å². The number of amides is 1. The summed E-state index contributed by atoms with van der Waals surface area (Å²) in [5, 5.41) is 2.54. The molecule has 3 rings (SSSR count). The van der Waals surface area contributed by atoms with Gasteiger partial charge in [0.15, 0.2) is 14.7 Å². The molecule has 6 nitrogen and oxygen atoms in total. The van der Waals surface area contributed by atoms with E-state index in [0.29, 0.717) is 12.2 Å². The monoisotopic (exact) mass is 548 g/mol. The van der Waals surface area contributed by atoms with Crippen molar-refractivity contribution in [3.63, 3.8) is 0 Å². The lowest BCUT2D eigenvalue weighted by Gasteiger charge is -2.20. The summed E-state index contributed by atoms with van der Waals surface area (Å²) in [7, 11) is -0.627. The standard InChI is InChI=1S/C28H28F3NO5S/c1-4-27(2,3)25(33)35-19-18-32-26(34)36-20-10-14-23(15-11-20)38(22-8-6-5-7-9-22)24-16-12-21(13-17-24)37-28(29,30)31/h5-17H,4,18-19H2,1-3H3/p+1. The number of esters is 1. The number of hydrogen-bond acceptors (Lipinski definition) is 5. The zero-order valence-electron chi connectivity index (χ0n) is 21.2. The van der Waals surface area contributed by atoms with Crippen molar-refractivity contribution in [2.75, 3.05) is 13.2 Å². The van der Waals surface area contributed by atoms with Crippen molar-refractivity contribution in [1.29, 1.82) is 0 Å². The van der Waals surface area contributed by atoms with Gasteiger partial charge >= 0.3 is 18.4 Å². The van der Waals surface area contributed by atoms with Gasteiger partial charge in [-0.1, -0.05) is 25.1 Å². The minimum atomic E-state index is -4.76. The fourth-order valence-corrected chi connectivity index (χ4v) is 5.23. The van der Waals surface area contributed by atoms with Crippen LogP contribution in [0.25, 0.3) is 0 Å². The first kappa shape index (κ1) is 28.9. The normalized spacial score (nSPS) is 12.4. The molecular formula is C28H29F3NO5S+. The molecule has 0 heterocycles. The van der Waals surface area contributed by atoms with E-state index in [4.69, 9.17) is 9.47 Å². The Hall–Kier alpha value is -3.66. The van der Waals surface area contributed by atoms with Gasteiger partial charge < -0.3 is 19.5 Å². The van der Waals surface area contributed by atoms with E-state index in [1.165, 1.54) is 12.1 Å². The van der Waals surface area contributed by atoms with Gasteiger partial charge in [0, 0.05) is 0 Å². The molecule has 0 bridgehead atoms. The first-order valence-corrected chi connectivity index (χ1v) is 13.1. The van der Waals surface area contributed by atoms with E-state index in [1.807, 2.05) is 37.3 Å². The molecule has 3 aromatic carbocycles. The summed E-state index contributed by atoms with van der Waals surface area (Å²) in [4.78, 5) is 26.7. The van der Waals surface area contributed by atoms with Gasteiger partial charge in [0.2, 0.25) is 0 Å². The van der Waals surface area contributed by atoms with Crippen molar-refractivity contribution in [2.45, 2.75) is 48.2 Å². The maximum absolute atomic E-state index is 12.6. The van der Waals surface area contributed by atoms with E-state index in [-0.39, 0.29) is 24.9 Å². The van der Waals surface area contributed by atoms with Crippen LogP contribution in [0.4, 0.5) is 18.0 Å². The van der Waals surface area contributed by atoms with Gasteiger partial charge in [0.25, 0.3) is 0 Å². The lowest BCUT2D eigenvalue weighted by atomic mass is 9.91. The number of carbonyl (C=O) groups excluding carboxylic acids is 2. The number of ether oxygens (including phenoxy) is 3. The Morgan fingerprint density at radius 2 is 1.34 bits per heavy atom. The largest absolute Gasteiger partial charge is 0.573 e. The van der Waals surface area contributed by atoms with Crippen molar-refractivity contribution < 1.29 is 37.0 Å². The Kier molecular flexibility index (Phi) is 9.68. The van der Waals surface area contributed by atoms with Gasteiger partial charge in [-0.15, -0.1) is 13.2 Å². The van der Waals surface area contributed by atoms with Crippen LogP contribution in [-0.4, -0.2) is 31.6 Å². The molecule has 0 aliphatic rings. The fraction of sp³-hybridized carbons (Fsp3) is 0.286. The molecule has 0 saturated heterocycles. The van der Waals surface area contributed by atoms with Crippen molar-refractivity contribution in [3.05, 3.63) is 78.9 Å². The smallest absolute Gasteiger partial charge is 0.463 e. The highest BCUT2D eigenvalue weighted by Crippen LogP contribution is 2.33. The number of hydrogen-bond donors (Lipinski definition) is 1. The minimum absolute atomic E-state index is 0.0307. The number of rotatable bonds is 10. The summed E-state index contributed by atoms with van der Waals surface area (Å²) in [5.41, 5.74) is -0.584. The fourth-order valence-electron chi connectivity index (χ4n) is 3.17. The molecule has 1 amide bonds. The first-order valence-electron chi connectivity index (χ1n) is 11.9. The minimum Gasteiger partial charge on any atom is -0.463 e. The van der Waals surface area contributed by atoms with Gasteiger partial charge in [-0.05, 0) is 80.9 Å². The lowest BCUT2D eigenvalue weighted by molar-refractivity contribution is -0.274. The van der Waals surface area contributed by atoms with Crippen LogP contribution in [0.5, 0.6) is 11.5 Å². The second-order valence-corrected chi connectivity index (χ2v) is 10.8. The molecular weight excluding hydrogens is 519 g/mol. The topological polar surface area (TPSA) is 73.9 Å². The first-order chi connectivity index (χ1) is 18.0. The van der Waals surface area contributed by atoms with Crippen LogP contribution < -0.4 is 14.8 Å². The molecule has 38 heavy (non-hydrogen) atoms. The van der Waals surface area contributed by atoms with E-state index >= 15 is 0 Å². The number of halogens is 3. The van der Waals surface area contributed by atoms with Gasteiger partial charge in [-0.25, -0.2) is 4.79 Å². The van der Waals surface area contributed by atoms with E-state index in [2.05, 4.69) is 10.1 Å². The SMILES string of the molecule is CCC(C)(C)C(=O)OCCNC(=O)Oc1ccc([S+](c2ccccc2)c2ccc(OC(F)(F)F)cc2)cc1. The molecule has 0 fully saturated rings. The van der Waals surface area contributed by atoms with Crippen LogP contribution in [0.2, 0.25) is 0 Å². The number of benzene rings is 3. The molecule has 10 heteroatoms. The molecule has 0 aromatic heterocycles. The van der Waals surface area contributed by atoms with Crippen molar-refractivity contribution in [1.82, 2.24) is 5.32 Å². The summed E-state index contributed by atoms with van der Waals surface area (Å²) >= 11 is 0. The predicted octanol–water partition coefficient (Wildman–Crippen LogP) is 6.75. The van der Waals surface area contributed by atoms with Crippen molar-refractivity contribution >= 4 is 23.0 Å². The molecule has 0 saturated carbocycles. The van der Waals surface area contributed by atoms with Gasteiger partial charge in [-0.2, -0.15) is 0 Å². The van der Waals surface area contributed by atoms with Crippen LogP contribution >= 0.6 is 0 Å². The highest BCUT2D eigenvalue weighted by molar-refractivity contribution is 7.97. The van der Waals surface area contributed by atoms with Crippen LogP contribution in [0.1, 0.15) is 27.2 Å². The summed E-state index contributed by atoms with van der Waals surface area (Å²) < 4.78 is 52.1. The maximum Gasteiger partial charge on any atom is 0.573 e. The summed E-state index contributed by atoms with van der Waals surface area (Å²) in [5.74, 6) is -0.320. The Labute approximate surface area is 222 Å². The number of alkyl halides is 3. The molecule has 1 N–H and O–H groups in total. The van der Waals surface area contributed by atoms with Crippen molar-refractivity contribution in [2.24, 2.45) is 5.41 Å². The quantitative estimate of drug-likeness (QED) is 0.172. The third-order valence-electron chi connectivity index (χ3n) is 5.58. The molecule has 0 radical (unpaired) electrons. The summed E-state index contributed by atoms with van der Waals surface area (Å²) in [6.45, 7) is 5.62. The molecule has 0 aliphatic carbocycles. The molecule has 0 spiro atoms. The van der Waals surface area contributed by atoms with Crippen molar-refractivity contribution in [3.8, 4) is 11.5 Å².